The molecule has 5 nitrogen and oxygen atoms in total. The molecule has 1 aliphatic rings. The molecule has 1 fully saturated rings. The predicted molar refractivity (Wildman–Crippen MR) is 70.2 cm³/mol. The van der Waals surface area contributed by atoms with Gasteiger partial charge in [0, 0.05) is 12.1 Å². The standard InChI is InChI=1S/C14H18N2O3/c1-19-14(18)10-6-4-9(5-7-10)12(15)13-11(17)3-2-8-16-13/h2-3,8-10,15,17H,4-7H2,1H3/t9-,10-. The lowest BCUT2D eigenvalue weighted by Crippen LogP contribution is -2.27. The highest BCUT2D eigenvalue weighted by molar-refractivity contribution is 6.00. The molecular formula is C14H18N2O3. The summed E-state index contributed by atoms with van der Waals surface area (Å²) in [5.74, 6) is -0.110. The molecule has 19 heavy (non-hydrogen) atoms. The van der Waals surface area contributed by atoms with Gasteiger partial charge in [-0.3, -0.25) is 9.78 Å². The first-order valence-electron chi connectivity index (χ1n) is 6.44. The zero-order valence-electron chi connectivity index (χ0n) is 10.9. The summed E-state index contributed by atoms with van der Waals surface area (Å²) >= 11 is 0. The zero-order chi connectivity index (χ0) is 13.8. The highest BCUT2D eigenvalue weighted by atomic mass is 16.5. The summed E-state index contributed by atoms with van der Waals surface area (Å²) in [5, 5.41) is 17.9. The summed E-state index contributed by atoms with van der Waals surface area (Å²) in [6.45, 7) is 0. The van der Waals surface area contributed by atoms with Gasteiger partial charge in [-0.1, -0.05) is 0 Å². The Hall–Kier alpha value is -1.91. The quantitative estimate of drug-likeness (QED) is 0.645. The smallest absolute Gasteiger partial charge is 0.308 e. The lowest BCUT2D eigenvalue weighted by Gasteiger charge is -2.27. The minimum absolute atomic E-state index is 0.0441. The van der Waals surface area contributed by atoms with Crippen molar-refractivity contribution in [3.05, 3.63) is 24.0 Å². The Morgan fingerprint density at radius 3 is 2.58 bits per heavy atom. The van der Waals surface area contributed by atoms with E-state index in [1.165, 1.54) is 13.2 Å². The third-order valence-corrected chi connectivity index (χ3v) is 3.71. The molecule has 2 N–H and O–H groups in total. The number of carbonyl (C=O) groups excluding carboxylic acids is 1. The van der Waals surface area contributed by atoms with Crippen LogP contribution in [0.15, 0.2) is 18.3 Å². The van der Waals surface area contributed by atoms with Gasteiger partial charge in [-0.25, -0.2) is 0 Å². The molecular weight excluding hydrogens is 244 g/mol. The van der Waals surface area contributed by atoms with Crippen molar-refractivity contribution in [2.45, 2.75) is 25.7 Å². The van der Waals surface area contributed by atoms with E-state index in [2.05, 4.69) is 4.98 Å². The Kier molecular flexibility index (Phi) is 4.14. The zero-order valence-corrected chi connectivity index (χ0v) is 10.9. The first kappa shape index (κ1) is 13.5. The fraction of sp³-hybridized carbons (Fsp3) is 0.500. The molecule has 1 aliphatic carbocycles. The number of nitrogens with zero attached hydrogens (tertiary/aromatic N) is 1. The molecule has 0 spiro atoms. The molecule has 2 rings (SSSR count). The number of esters is 1. The first-order chi connectivity index (χ1) is 9.13. The molecule has 0 atom stereocenters. The first-order valence-corrected chi connectivity index (χ1v) is 6.44. The highest BCUT2D eigenvalue weighted by Gasteiger charge is 2.30. The molecule has 5 heteroatoms. The van der Waals surface area contributed by atoms with Crippen molar-refractivity contribution in [1.82, 2.24) is 4.98 Å². The average molecular weight is 262 g/mol. The van der Waals surface area contributed by atoms with Crippen LogP contribution in [0.4, 0.5) is 0 Å². The number of aromatic nitrogens is 1. The van der Waals surface area contributed by atoms with Gasteiger partial charge >= 0.3 is 5.97 Å². The van der Waals surface area contributed by atoms with Crippen molar-refractivity contribution >= 4 is 11.7 Å². The fourth-order valence-electron chi connectivity index (χ4n) is 2.58. The Morgan fingerprint density at radius 2 is 2.00 bits per heavy atom. The Labute approximate surface area is 112 Å². The highest BCUT2D eigenvalue weighted by Crippen LogP contribution is 2.32. The van der Waals surface area contributed by atoms with E-state index in [0.717, 1.165) is 25.7 Å². The predicted octanol–water partition coefficient (Wildman–Crippen LogP) is 2.13. The van der Waals surface area contributed by atoms with Gasteiger partial charge < -0.3 is 15.3 Å². The van der Waals surface area contributed by atoms with Crippen molar-refractivity contribution in [1.29, 1.82) is 5.41 Å². The summed E-state index contributed by atoms with van der Waals surface area (Å²) in [7, 11) is 1.41. The lowest BCUT2D eigenvalue weighted by molar-refractivity contribution is -0.146. The van der Waals surface area contributed by atoms with Crippen LogP contribution in [-0.2, 0) is 9.53 Å². The van der Waals surface area contributed by atoms with Crippen molar-refractivity contribution in [2.75, 3.05) is 7.11 Å². The number of hydrogen-bond acceptors (Lipinski definition) is 5. The van der Waals surface area contributed by atoms with Crippen LogP contribution in [0.5, 0.6) is 5.75 Å². The number of nitrogens with one attached hydrogen (secondary N) is 1. The summed E-state index contributed by atoms with van der Waals surface area (Å²) in [4.78, 5) is 15.5. The number of carbonyl (C=O) groups is 1. The van der Waals surface area contributed by atoms with E-state index in [-0.39, 0.29) is 23.6 Å². The van der Waals surface area contributed by atoms with Crippen molar-refractivity contribution < 1.29 is 14.6 Å². The topological polar surface area (TPSA) is 83.3 Å². The summed E-state index contributed by atoms with van der Waals surface area (Å²) < 4.78 is 4.74. The van der Waals surface area contributed by atoms with Gasteiger partial charge in [-0.15, -0.1) is 0 Å². The molecule has 0 amide bonds. The third-order valence-electron chi connectivity index (χ3n) is 3.71. The van der Waals surface area contributed by atoms with Crippen LogP contribution in [0.2, 0.25) is 0 Å². The fourth-order valence-corrected chi connectivity index (χ4v) is 2.58. The number of aromatic hydroxyl groups is 1. The summed E-state index contributed by atoms with van der Waals surface area (Å²) in [5.41, 5.74) is 0.713. The summed E-state index contributed by atoms with van der Waals surface area (Å²) in [6, 6.07) is 3.18. The van der Waals surface area contributed by atoms with Crippen LogP contribution in [0.25, 0.3) is 0 Å². The minimum atomic E-state index is -0.161. The lowest BCUT2D eigenvalue weighted by atomic mass is 9.79. The van der Waals surface area contributed by atoms with E-state index in [1.54, 1.807) is 12.3 Å². The molecule has 0 radical (unpaired) electrons. The van der Waals surface area contributed by atoms with Gasteiger partial charge in [0.1, 0.15) is 11.4 Å². The van der Waals surface area contributed by atoms with Crippen LogP contribution in [0.1, 0.15) is 31.4 Å². The minimum Gasteiger partial charge on any atom is -0.506 e. The number of pyridine rings is 1. The molecule has 0 unspecified atom stereocenters. The van der Waals surface area contributed by atoms with Gasteiger partial charge in [0.15, 0.2) is 0 Å². The monoisotopic (exact) mass is 262 g/mol. The maximum absolute atomic E-state index is 11.4. The molecule has 0 saturated heterocycles. The molecule has 1 aromatic heterocycles. The Balaban J connectivity index is 2.00. The molecule has 0 bridgehead atoms. The van der Waals surface area contributed by atoms with Crippen LogP contribution >= 0.6 is 0 Å². The Bertz CT molecular complexity index is 479. The molecule has 1 heterocycles. The Morgan fingerprint density at radius 1 is 1.37 bits per heavy atom. The number of hydrogen-bond donors (Lipinski definition) is 2. The van der Waals surface area contributed by atoms with Crippen molar-refractivity contribution in [3.63, 3.8) is 0 Å². The third kappa shape index (κ3) is 2.92. The van der Waals surface area contributed by atoms with Crippen LogP contribution in [0, 0.1) is 17.2 Å². The second kappa shape index (κ2) is 5.82. The van der Waals surface area contributed by atoms with Crippen LogP contribution < -0.4 is 0 Å². The van der Waals surface area contributed by atoms with E-state index >= 15 is 0 Å². The molecule has 0 aliphatic heterocycles. The maximum atomic E-state index is 11.4. The van der Waals surface area contributed by atoms with Gasteiger partial charge in [0.25, 0.3) is 0 Å². The number of ether oxygens (including phenoxy) is 1. The van der Waals surface area contributed by atoms with Crippen LogP contribution in [0.3, 0.4) is 0 Å². The number of methoxy groups -OCH3 is 1. The van der Waals surface area contributed by atoms with Gasteiger partial charge in [-0.05, 0) is 37.8 Å². The molecule has 1 saturated carbocycles. The van der Waals surface area contributed by atoms with E-state index in [9.17, 15) is 9.90 Å². The second-order valence-electron chi connectivity index (χ2n) is 4.86. The number of rotatable bonds is 3. The van der Waals surface area contributed by atoms with Gasteiger partial charge in [0.05, 0.1) is 18.7 Å². The summed E-state index contributed by atoms with van der Waals surface area (Å²) in [6.07, 6.45) is 4.55. The normalized spacial score (nSPS) is 22.8. The van der Waals surface area contributed by atoms with Gasteiger partial charge in [0.2, 0.25) is 0 Å². The maximum Gasteiger partial charge on any atom is 0.308 e. The molecule has 102 valence electrons. The van der Waals surface area contributed by atoms with E-state index in [1.807, 2.05) is 0 Å². The molecule has 0 aromatic carbocycles. The average Bonchev–Trinajstić information content (AvgIpc) is 2.46. The van der Waals surface area contributed by atoms with E-state index in [4.69, 9.17) is 10.1 Å². The molecule has 1 aromatic rings. The van der Waals surface area contributed by atoms with Crippen molar-refractivity contribution in [3.8, 4) is 5.75 Å². The second-order valence-corrected chi connectivity index (χ2v) is 4.86. The largest absolute Gasteiger partial charge is 0.506 e. The van der Waals surface area contributed by atoms with Gasteiger partial charge in [-0.2, -0.15) is 0 Å². The van der Waals surface area contributed by atoms with Crippen molar-refractivity contribution in [2.24, 2.45) is 11.8 Å². The van der Waals surface area contributed by atoms with E-state index < -0.39 is 0 Å². The SMILES string of the molecule is COC(=O)[C@H]1CC[C@H](C(=N)c2ncccc2O)CC1. The van der Waals surface area contributed by atoms with E-state index in [0.29, 0.717) is 11.4 Å². The van der Waals surface area contributed by atoms with Crippen LogP contribution in [-0.4, -0.2) is 28.9 Å².